The van der Waals surface area contributed by atoms with Crippen molar-refractivity contribution in [3.63, 3.8) is 0 Å². The number of halogens is 2. The summed E-state index contributed by atoms with van der Waals surface area (Å²) in [7, 11) is 0. The van der Waals surface area contributed by atoms with Gasteiger partial charge in [0.1, 0.15) is 10.6 Å². The first-order chi connectivity index (χ1) is 6.10. The summed E-state index contributed by atoms with van der Waals surface area (Å²) in [5, 5.41) is 0. The molecule has 13 heavy (non-hydrogen) atoms. The molecule has 0 aliphatic heterocycles. The minimum Gasteiger partial charge on any atom is -0.455 e. The molecule has 0 rings (SSSR count). The van der Waals surface area contributed by atoms with Crippen LogP contribution in [0.15, 0.2) is 23.2 Å². The second kappa shape index (κ2) is 6.98. The van der Waals surface area contributed by atoms with Gasteiger partial charge in [0.2, 0.25) is 0 Å². The molecule has 74 valence electrons. The van der Waals surface area contributed by atoms with Gasteiger partial charge in [-0.15, -0.1) is 0 Å². The maximum atomic E-state index is 10.8. The van der Waals surface area contributed by atoms with E-state index >= 15 is 0 Å². The smallest absolute Gasteiger partial charge is 0.330 e. The van der Waals surface area contributed by atoms with E-state index in [9.17, 15) is 4.79 Å². The fourth-order valence-corrected chi connectivity index (χ4v) is 1.08. The maximum absolute atomic E-state index is 10.8. The van der Waals surface area contributed by atoms with E-state index in [2.05, 4.69) is 6.58 Å². The molecule has 0 saturated carbocycles. The molecular formula is C9H12Cl2O2. The number of ether oxygens (including phenoxy) is 1. The summed E-state index contributed by atoms with van der Waals surface area (Å²) >= 11 is 10.9. The molecular weight excluding hydrogens is 211 g/mol. The molecule has 1 unspecified atom stereocenters. The van der Waals surface area contributed by atoms with Crippen LogP contribution in [0.1, 0.15) is 19.8 Å². The Balaban J connectivity index is 4.17. The van der Waals surface area contributed by atoms with Crippen molar-refractivity contribution in [3.8, 4) is 0 Å². The molecule has 0 saturated heterocycles. The van der Waals surface area contributed by atoms with E-state index in [-0.39, 0.29) is 10.6 Å². The molecule has 0 N–H and O–H groups in total. The molecule has 0 aromatic heterocycles. The summed E-state index contributed by atoms with van der Waals surface area (Å²) in [5.74, 6) is -0.468. The molecule has 0 heterocycles. The third kappa shape index (κ3) is 6.67. The Morgan fingerprint density at radius 2 is 2.23 bits per heavy atom. The zero-order valence-electron chi connectivity index (χ0n) is 7.43. The topological polar surface area (TPSA) is 26.3 Å². The van der Waals surface area contributed by atoms with Crippen LogP contribution in [0.4, 0.5) is 0 Å². The SMILES string of the molecule is C=CC(=O)OC(C=C(Cl)Cl)CCC. The first-order valence-corrected chi connectivity index (χ1v) is 4.71. The monoisotopic (exact) mass is 222 g/mol. The molecule has 0 aliphatic rings. The largest absolute Gasteiger partial charge is 0.455 e. The van der Waals surface area contributed by atoms with Crippen molar-refractivity contribution >= 4 is 29.2 Å². The molecule has 0 aliphatic carbocycles. The number of hydrogen-bond donors (Lipinski definition) is 0. The van der Waals surface area contributed by atoms with Crippen LogP contribution in [-0.2, 0) is 9.53 Å². The van der Waals surface area contributed by atoms with Crippen LogP contribution >= 0.6 is 23.2 Å². The molecule has 1 atom stereocenters. The second-order valence-corrected chi connectivity index (χ2v) is 3.43. The third-order valence-corrected chi connectivity index (χ3v) is 1.57. The summed E-state index contributed by atoms with van der Waals surface area (Å²) in [6.07, 6.45) is 3.82. The van der Waals surface area contributed by atoms with Gasteiger partial charge in [0.05, 0.1) is 0 Å². The number of carbonyl (C=O) groups excluding carboxylic acids is 1. The Hall–Kier alpha value is -0.470. The van der Waals surface area contributed by atoms with Gasteiger partial charge in [0.15, 0.2) is 0 Å². The predicted octanol–water partition coefficient (Wildman–Crippen LogP) is 3.20. The van der Waals surface area contributed by atoms with Crippen molar-refractivity contribution in [2.45, 2.75) is 25.9 Å². The van der Waals surface area contributed by atoms with Crippen molar-refractivity contribution in [2.24, 2.45) is 0 Å². The Morgan fingerprint density at radius 1 is 1.62 bits per heavy atom. The van der Waals surface area contributed by atoms with Crippen LogP contribution in [0.5, 0.6) is 0 Å². The average Bonchev–Trinajstić information content (AvgIpc) is 2.03. The van der Waals surface area contributed by atoms with E-state index in [4.69, 9.17) is 27.9 Å². The van der Waals surface area contributed by atoms with Crippen LogP contribution in [0.25, 0.3) is 0 Å². The quantitative estimate of drug-likeness (QED) is 0.528. The van der Waals surface area contributed by atoms with E-state index in [0.717, 1.165) is 12.5 Å². The number of rotatable bonds is 5. The van der Waals surface area contributed by atoms with Crippen molar-refractivity contribution in [1.82, 2.24) is 0 Å². The van der Waals surface area contributed by atoms with Crippen molar-refractivity contribution in [1.29, 1.82) is 0 Å². The fourth-order valence-electron chi connectivity index (χ4n) is 0.799. The minimum atomic E-state index is -0.468. The van der Waals surface area contributed by atoms with Crippen LogP contribution in [0.2, 0.25) is 0 Å². The third-order valence-electron chi connectivity index (χ3n) is 1.32. The molecule has 0 bridgehead atoms. The van der Waals surface area contributed by atoms with E-state index in [1.54, 1.807) is 0 Å². The lowest BCUT2D eigenvalue weighted by Crippen LogP contribution is -2.13. The lowest BCUT2D eigenvalue weighted by atomic mass is 10.2. The minimum absolute atomic E-state index is 0.107. The van der Waals surface area contributed by atoms with Crippen molar-refractivity contribution in [2.75, 3.05) is 0 Å². The molecule has 0 aromatic carbocycles. The fraction of sp³-hybridized carbons (Fsp3) is 0.444. The zero-order valence-corrected chi connectivity index (χ0v) is 8.94. The van der Waals surface area contributed by atoms with Crippen LogP contribution < -0.4 is 0 Å². The standard InChI is InChI=1S/C9H12Cl2O2/c1-3-5-7(6-8(10)11)13-9(12)4-2/h4,6-7H,2-3,5H2,1H3. The summed E-state index contributed by atoms with van der Waals surface area (Å²) in [6, 6.07) is 0. The van der Waals surface area contributed by atoms with Crippen molar-refractivity contribution < 1.29 is 9.53 Å². The van der Waals surface area contributed by atoms with Gasteiger partial charge in [-0.1, -0.05) is 43.1 Å². The summed E-state index contributed by atoms with van der Waals surface area (Å²) < 4.78 is 5.06. The lowest BCUT2D eigenvalue weighted by Gasteiger charge is -2.11. The van der Waals surface area contributed by atoms with E-state index < -0.39 is 5.97 Å². The molecule has 0 amide bonds. The summed E-state index contributed by atoms with van der Waals surface area (Å²) in [5.41, 5.74) is 0. The van der Waals surface area contributed by atoms with E-state index in [0.29, 0.717) is 6.42 Å². The Bertz CT molecular complexity index is 208. The van der Waals surface area contributed by atoms with E-state index in [1.165, 1.54) is 6.08 Å². The van der Waals surface area contributed by atoms with Crippen LogP contribution in [0, 0.1) is 0 Å². The van der Waals surface area contributed by atoms with Gasteiger partial charge in [0, 0.05) is 6.08 Å². The Labute approximate surface area is 88.2 Å². The van der Waals surface area contributed by atoms with Crippen LogP contribution in [-0.4, -0.2) is 12.1 Å². The van der Waals surface area contributed by atoms with E-state index in [1.807, 2.05) is 6.92 Å². The Kier molecular flexibility index (Phi) is 6.73. The lowest BCUT2D eigenvalue weighted by molar-refractivity contribution is -0.141. The molecule has 0 radical (unpaired) electrons. The number of carbonyl (C=O) groups is 1. The van der Waals surface area contributed by atoms with Gasteiger partial charge in [-0.25, -0.2) is 4.79 Å². The van der Waals surface area contributed by atoms with Gasteiger partial charge < -0.3 is 4.74 Å². The first kappa shape index (κ1) is 12.5. The van der Waals surface area contributed by atoms with Gasteiger partial charge >= 0.3 is 5.97 Å². The first-order valence-electron chi connectivity index (χ1n) is 3.96. The van der Waals surface area contributed by atoms with Gasteiger partial charge in [-0.2, -0.15) is 0 Å². The van der Waals surface area contributed by atoms with Crippen LogP contribution in [0.3, 0.4) is 0 Å². The molecule has 0 aromatic rings. The average molecular weight is 223 g/mol. The highest BCUT2D eigenvalue weighted by Crippen LogP contribution is 2.13. The molecule has 4 heteroatoms. The summed E-state index contributed by atoms with van der Waals surface area (Å²) in [4.78, 5) is 10.8. The molecule has 2 nitrogen and oxygen atoms in total. The molecule has 0 fully saturated rings. The zero-order chi connectivity index (χ0) is 10.3. The highest BCUT2D eigenvalue weighted by Gasteiger charge is 2.08. The number of esters is 1. The van der Waals surface area contributed by atoms with Gasteiger partial charge in [0.25, 0.3) is 0 Å². The van der Waals surface area contributed by atoms with Gasteiger partial charge in [-0.05, 0) is 12.5 Å². The Morgan fingerprint density at radius 3 is 2.62 bits per heavy atom. The second-order valence-electron chi connectivity index (χ2n) is 2.42. The van der Waals surface area contributed by atoms with Crippen molar-refractivity contribution in [3.05, 3.63) is 23.2 Å². The normalized spacial score (nSPS) is 11.6. The highest BCUT2D eigenvalue weighted by atomic mass is 35.5. The maximum Gasteiger partial charge on any atom is 0.330 e. The number of hydrogen-bond acceptors (Lipinski definition) is 2. The molecule has 0 spiro atoms. The predicted molar refractivity (Wildman–Crippen MR) is 54.8 cm³/mol. The summed E-state index contributed by atoms with van der Waals surface area (Å²) in [6.45, 7) is 5.27. The van der Waals surface area contributed by atoms with Gasteiger partial charge in [-0.3, -0.25) is 0 Å². The highest BCUT2D eigenvalue weighted by molar-refractivity contribution is 6.55.